The summed E-state index contributed by atoms with van der Waals surface area (Å²) in [5, 5.41) is 12.4. The highest BCUT2D eigenvalue weighted by molar-refractivity contribution is 5.77. The molecule has 150 valence electrons. The van der Waals surface area contributed by atoms with Gasteiger partial charge in [0.05, 0.1) is 11.7 Å². The van der Waals surface area contributed by atoms with Crippen molar-refractivity contribution in [1.29, 1.82) is 0 Å². The van der Waals surface area contributed by atoms with E-state index >= 15 is 0 Å². The number of nitrogens with one attached hydrogen (secondary N) is 1. The Labute approximate surface area is 161 Å². The van der Waals surface area contributed by atoms with Gasteiger partial charge in [-0.3, -0.25) is 4.79 Å². The maximum absolute atomic E-state index is 12.2. The van der Waals surface area contributed by atoms with E-state index in [9.17, 15) is 9.90 Å². The van der Waals surface area contributed by atoms with E-state index < -0.39 is 0 Å². The second-order valence-electron chi connectivity index (χ2n) is 7.60. The first-order valence-corrected chi connectivity index (χ1v) is 10.3. The summed E-state index contributed by atoms with van der Waals surface area (Å²) < 4.78 is 5.41. The number of piperidine rings is 1. The maximum atomic E-state index is 12.2. The number of aliphatic hydroxyl groups is 1. The van der Waals surface area contributed by atoms with E-state index in [-0.39, 0.29) is 25.2 Å². The largest absolute Gasteiger partial charge is 0.396 e. The molecule has 0 spiro atoms. The molecule has 0 aromatic carbocycles. The highest BCUT2D eigenvalue weighted by Crippen LogP contribution is 2.30. The van der Waals surface area contributed by atoms with Gasteiger partial charge >= 0.3 is 0 Å². The second kappa shape index (κ2) is 9.99. The molecule has 1 aromatic heterocycles. The van der Waals surface area contributed by atoms with Gasteiger partial charge < -0.3 is 20.1 Å². The molecular formula is C20H32N4O3. The van der Waals surface area contributed by atoms with Crippen molar-refractivity contribution in [3.63, 3.8) is 0 Å². The third-order valence-electron chi connectivity index (χ3n) is 5.54. The van der Waals surface area contributed by atoms with Gasteiger partial charge in [0, 0.05) is 38.1 Å². The molecule has 1 fully saturated rings. The summed E-state index contributed by atoms with van der Waals surface area (Å²) in [6.07, 6.45) is 8.74. The first-order chi connectivity index (χ1) is 13.2. The lowest BCUT2D eigenvalue weighted by atomic mass is 9.92. The highest BCUT2D eigenvalue weighted by Gasteiger charge is 2.26. The van der Waals surface area contributed by atoms with Crippen LogP contribution in [0.2, 0.25) is 0 Å². The minimum atomic E-state index is -0.0703. The van der Waals surface area contributed by atoms with Gasteiger partial charge in [-0.1, -0.05) is 13.3 Å². The number of aryl methyl sites for hydroxylation is 1. The van der Waals surface area contributed by atoms with Gasteiger partial charge in [-0.15, -0.1) is 0 Å². The van der Waals surface area contributed by atoms with Crippen LogP contribution in [0.15, 0.2) is 6.20 Å². The van der Waals surface area contributed by atoms with Crippen LogP contribution in [-0.2, 0) is 16.0 Å². The third-order valence-corrected chi connectivity index (χ3v) is 5.54. The molecule has 1 atom stereocenters. The number of amides is 1. The molecule has 27 heavy (non-hydrogen) atoms. The summed E-state index contributed by atoms with van der Waals surface area (Å²) in [6.45, 7) is 4.89. The molecule has 0 bridgehead atoms. The van der Waals surface area contributed by atoms with Crippen LogP contribution in [-0.4, -0.2) is 53.9 Å². The standard InChI is InChI=1S/C20H32N4O3/c1-2-3-11-27-14-19(26)22-17-5-4-6-18-16(17)12-21-20(23-18)24-9-7-15(13-25)8-10-24/h12,15,17,25H,2-11,13-14H2,1H3,(H,22,26)/t17-/m0/s1. The van der Waals surface area contributed by atoms with Crippen molar-refractivity contribution in [3.8, 4) is 0 Å². The Morgan fingerprint density at radius 3 is 2.93 bits per heavy atom. The Kier molecular flexibility index (Phi) is 7.41. The van der Waals surface area contributed by atoms with Crippen molar-refractivity contribution in [1.82, 2.24) is 15.3 Å². The predicted octanol–water partition coefficient (Wildman–Crippen LogP) is 2.00. The van der Waals surface area contributed by atoms with Gasteiger partial charge in [0.1, 0.15) is 6.61 Å². The summed E-state index contributed by atoms with van der Waals surface area (Å²) >= 11 is 0. The van der Waals surface area contributed by atoms with Crippen LogP contribution in [0, 0.1) is 5.92 Å². The van der Waals surface area contributed by atoms with Crippen molar-refractivity contribution >= 4 is 11.9 Å². The number of carbonyl (C=O) groups excluding carboxylic acids is 1. The summed E-state index contributed by atoms with van der Waals surface area (Å²) in [5.74, 6) is 1.11. The van der Waals surface area contributed by atoms with Crippen LogP contribution < -0.4 is 10.2 Å². The van der Waals surface area contributed by atoms with Crippen molar-refractivity contribution in [2.75, 3.05) is 37.8 Å². The van der Waals surface area contributed by atoms with Crippen LogP contribution in [0.4, 0.5) is 5.95 Å². The smallest absolute Gasteiger partial charge is 0.246 e. The minimum absolute atomic E-state index is 0.0230. The number of fused-ring (bicyclic) bond motifs is 1. The molecular weight excluding hydrogens is 344 g/mol. The van der Waals surface area contributed by atoms with Crippen molar-refractivity contribution in [2.24, 2.45) is 5.92 Å². The summed E-state index contributed by atoms with van der Waals surface area (Å²) in [4.78, 5) is 23.7. The Morgan fingerprint density at radius 1 is 1.37 bits per heavy atom. The molecule has 1 saturated heterocycles. The molecule has 0 radical (unpaired) electrons. The van der Waals surface area contributed by atoms with Gasteiger partial charge in [0.25, 0.3) is 0 Å². The fourth-order valence-electron chi connectivity index (χ4n) is 3.80. The fourth-order valence-corrected chi connectivity index (χ4v) is 3.80. The van der Waals surface area contributed by atoms with Crippen LogP contribution in [0.1, 0.15) is 62.7 Å². The van der Waals surface area contributed by atoms with E-state index in [1.54, 1.807) is 0 Å². The van der Waals surface area contributed by atoms with Crippen LogP contribution in [0.3, 0.4) is 0 Å². The molecule has 1 amide bonds. The molecule has 2 aliphatic rings. The van der Waals surface area contributed by atoms with Gasteiger partial charge in [-0.05, 0) is 44.4 Å². The Balaban J connectivity index is 1.59. The van der Waals surface area contributed by atoms with Crippen molar-refractivity contribution < 1.29 is 14.6 Å². The molecule has 1 aliphatic heterocycles. The molecule has 2 N–H and O–H groups in total. The number of ether oxygens (including phenoxy) is 1. The van der Waals surface area contributed by atoms with Gasteiger partial charge in [-0.25, -0.2) is 9.97 Å². The van der Waals surface area contributed by atoms with Crippen LogP contribution in [0.5, 0.6) is 0 Å². The van der Waals surface area contributed by atoms with E-state index in [4.69, 9.17) is 9.72 Å². The number of carbonyl (C=O) groups is 1. The lowest BCUT2D eigenvalue weighted by molar-refractivity contribution is -0.126. The number of unbranched alkanes of at least 4 members (excludes halogenated alkanes) is 1. The first-order valence-electron chi connectivity index (χ1n) is 10.3. The summed E-state index contributed by atoms with van der Waals surface area (Å²) in [7, 11) is 0. The SMILES string of the molecule is CCCCOCC(=O)N[C@H]1CCCc2nc(N3CCC(CO)CC3)ncc21. The lowest BCUT2D eigenvalue weighted by Crippen LogP contribution is -2.37. The van der Waals surface area contributed by atoms with Crippen LogP contribution in [0.25, 0.3) is 0 Å². The monoisotopic (exact) mass is 376 g/mol. The number of rotatable bonds is 8. The van der Waals surface area contributed by atoms with Crippen molar-refractivity contribution in [2.45, 2.75) is 57.9 Å². The van der Waals surface area contributed by atoms with Gasteiger partial charge in [0.15, 0.2) is 0 Å². The number of aliphatic hydroxyl groups excluding tert-OH is 1. The Morgan fingerprint density at radius 2 is 2.19 bits per heavy atom. The topological polar surface area (TPSA) is 87.6 Å². The molecule has 2 heterocycles. The average Bonchev–Trinajstić information content (AvgIpc) is 2.71. The number of anilines is 1. The fraction of sp³-hybridized carbons (Fsp3) is 0.750. The third kappa shape index (κ3) is 5.39. The quantitative estimate of drug-likeness (QED) is 0.675. The normalized spacial score (nSPS) is 20.4. The molecule has 0 unspecified atom stereocenters. The summed E-state index contributed by atoms with van der Waals surface area (Å²) in [6, 6.07) is -0.0230. The zero-order valence-electron chi connectivity index (χ0n) is 16.3. The minimum Gasteiger partial charge on any atom is -0.396 e. The Hall–Kier alpha value is -1.73. The average molecular weight is 377 g/mol. The molecule has 3 rings (SSSR count). The van der Waals surface area contributed by atoms with E-state index in [0.717, 1.165) is 75.2 Å². The van der Waals surface area contributed by atoms with E-state index in [2.05, 4.69) is 22.1 Å². The number of hydrogen-bond acceptors (Lipinski definition) is 6. The molecule has 7 heteroatoms. The maximum Gasteiger partial charge on any atom is 0.246 e. The molecule has 1 aromatic rings. The first kappa shape index (κ1) is 20.0. The van der Waals surface area contributed by atoms with E-state index in [1.807, 2.05) is 6.20 Å². The molecule has 7 nitrogen and oxygen atoms in total. The summed E-state index contributed by atoms with van der Waals surface area (Å²) in [5.41, 5.74) is 2.09. The van der Waals surface area contributed by atoms with E-state index in [1.165, 1.54) is 0 Å². The van der Waals surface area contributed by atoms with Gasteiger partial charge in [0.2, 0.25) is 11.9 Å². The van der Waals surface area contributed by atoms with Gasteiger partial charge in [-0.2, -0.15) is 0 Å². The molecule has 1 aliphatic carbocycles. The lowest BCUT2D eigenvalue weighted by Gasteiger charge is -2.32. The second-order valence-corrected chi connectivity index (χ2v) is 7.60. The van der Waals surface area contributed by atoms with Crippen LogP contribution >= 0.6 is 0 Å². The molecule has 0 saturated carbocycles. The number of aromatic nitrogens is 2. The number of hydrogen-bond donors (Lipinski definition) is 2. The zero-order chi connectivity index (χ0) is 19.1. The zero-order valence-corrected chi connectivity index (χ0v) is 16.3. The predicted molar refractivity (Wildman–Crippen MR) is 104 cm³/mol. The highest BCUT2D eigenvalue weighted by atomic mass is 16.5. The van der Waals surface area contributed by atoms with E-state index in [0.29, 0.717) is 12.5 Å². The number of nitrogens with zero attached hydrogens (tertiary/aromatic N) is 3. The van der Waals surface area contributed by atoms with Crippen molar-refractivity contribution in [3.05, 3.63) is 17.5 Å². The Bertz CT molecular complexity index is 617.